The quantitative estimate of drug-likeness (QED) is 0.579. The minimum absolute atomic E-state index is 0.248. The standard InChI is InChI=1S/C10H13N3O4/c11-4-6-1-7(3-8(12)2-6)5-13(9(14)15)10(16)17/h1-3H,4-5,11-12H2,(H,14,15)(H,16,17). The molecule has 1 aromatic carbocycles. The zero-order valence-electron chi connectivity index (χ0n) is 8.96. The van der Waals surface area contributed by atoms with Crippen LogP contribution in [0.3, 0.4) is 0 Å². The maximum absolute atomic E-state index is 10.7. The Morgan fingerprint density at radius 3 is 2.12 bits per heavy atom. The van der Waals surface area contributed by atoms with E-state index >= 15 is 0 Å². The number of imide groups is 1. The molecule has 0 atom stereocenters. The molecule has 0 heterocycles. The molecule has 0 unspecified atom stereocenters. The van der Waals surface area contributed by atoms with Gasteiger partial charge in [0.25, 0.3) is 0 Å². The molecule has 1 rings (SSSR count). The first-order valence-electron chi connectivity index (χ1n) is 4.75. The first-order valence-corrected chi connectivity index (χ1v) is 4.75. The first-order chi connectivity index (χ1) is 7.93. The molecule has 0 radical (unpaired) electrons. The number of rotatable bonds is 3. The van der Waals surface area contributed by atoms with E-state index in [2.05, 4.69) is 0 Å². The molecule has 0 aliphatic heterocycles. The van der Waals surface area contributed by atoms with Gasteiger partial charge in [-0.25, -0.2) is 14.5 Å². The number of benzene rings is 1. The number of nitrogens with two attached hydrogens (primary N) is 2. The molecule has 0 bridgehead atoms. The molecule has 2 amide bonds. The van der Waals surface area contributed by atoms with Gasteiger partial charge in [-0.2, -0.15) is 0 Å². The van der Waals surface area contributed by atoms with Crippen LogP contribution in [0, 0.1) is 0 Å². The molecule has 0 spiro atoms. The predicted molar refractivity (Wildman–Crippen MR) is 60.3 cm³/mol. The molecular weight excluding hydrogens is 226 g/mol. The Morgan fingerprint density at radius 1 is 1.12 bits per heavy atom. The van der Waals surface area contributed by atoms with Crippen molar-refractivity contribution >= 4 is 17.9 Å². The molecule has 0 saturated carbocycles. The van der Waals surface area contributed by atoms with Gasteiger partial charge in [0, 0.05) is 12.2 Å². The second-order valence-corrected chi connectivity index (χ2v) is 3.44. The maximum Gasteiger partial charge on any atom is 0.417 e. The van der Waals surface area contributed by atoms with Crippen LogP contribution in [0.15, 0.2) is 18.2 Å². The summed E-state index contributed by atoms with van der Waals surface area (Å²) in [7, 11) is 0. The lowest BCUT2D eigenvalue weighted by Gasteiger charge is -2.14. The average molecular weight is 239 g/mol. The van der Waals surface area contributed by atoms with E-state index in [-0.39, 0.29) is 18.0 Å². The van der Waals surface area contributed by atoms with Crippen LogP contribution in [0.4, 0.5) is 15.3 Å². The highest BCUT2D eigenvalue weighted by atomic mass is 16.4. The summed E-state index contributed by atoms with van der Waals surface area (Å²) in [6, 6.07) is 4.78. The Balaban J connectivity index is 2.97. The Bertz CT molecular complexity index is 433. The molecule has 0 fully saturated rings. The number of carboxylic acid groups (broad SMARTS) is 2. The van der Waals surface area contributed by atoms with E-state index in [1.165, 1.54) is 6.07 Å². The minimum Gasteiger partial charge on any atom is -0.465 e. The summed E-state index contributed by atoms with van der Waals surface area (Å²) in [4.78, 5) is 21.6. The summed E-state index contributed by atoms with van der Waals surface area (Å²) in [5.41, 5.74) is 12.6. The monoisotopic (exact) mass is 239 g/mol. The summed E-state index contributed by atoms with van der Waals surface area (Å²) in [5, 5.41) is 17.4. The smallest absolute Gasteiger partial charge is 0.417 e. The topological polar surface area (TPSA) is 130 Å². The van der Waals surface area contributed by atoms with E-state index in [0.717, 1.165) is 5.56 Å². The molecule has 7 nitrogen and oxygen atoms in total. The molecule has 0 saturated heterocycles. The third-order valence-electron chi connectivity index (χ3n) is 2.11. The molecule has 7 heteroatoms. The second-order valence-electron chi connectivity index (χ2n) is 3.44. The van der Waals surface area contributed by atoms with Crippen LogP contribution < -0.4 is 11.5 Å². The lowest BCUT2D eigenvalue weighted by atomic mass is 10.1. The van der Waals surface area contributed by atoms with E-state index < -0.39 is 12.2 Å². The van der Waals surface area contributed by atoms with Crippen molar-refractivity contribution < 1.29 is 19.8 Å². The molecule has 6 N–H and O–H groups in total. The van der Waals surface area contributed by atoms with E-state index in [9.17, 15) is 9.59 Å². The fourth-order valence-corrected chi connectivity index (χ4v) is 1.40. The van der Waals surface area contributed by atoms with Gasteiger partial charge in [0.1, 0.15) is 0 Å². The van der Waals surface area contributed by atoms with Gasteiger partial charge >= 0.3 is 12.2 Å². The van der Waals surface area contributed by atoms with Crippen molar-refractivity contribution in [1.82, 2.24) is 4.90 Å². The lowest BCUT2D eigenvalue weighted by molar-refractivity contribution is 0.120. The van der Waals surface area contributed by atoms with Gasteiger partial charge in [0.15, 0.2) is 0 Å². The van der Waals surface area contributed by atoms with Crippen LogP contribution in [0.1, 0.15) is 11.1 Å². The number of amides is 2. The molecule has 92 valence electrons. The third-order valence-corrected chi connectivity index (χ3v) is 2.11. The SMILES string of the molecule is NCc1cc(N)cc(CN(C(=O)O)C(=O)O)c1. The maximum atomic E-state index is 10.7. The van der Waals surface area contributed by atoms with Gasteiger partial charge in [-0.1, -0.05) is 6.07 Å². The largest absolute Gasteiger partial charge is 0.465 e. The van der Waals surface area contributed by atoms with Crippen molar-refractivity contribution in [1.29, 1.82) is 0 Å². The number of anilines is 1. The predicted octanol–water partition coefficient (Wildman–Crippen LogP) is 0.885. The van der Waals surface area contributed by atoms with Crippen LogP contribution in [-0.2, 0) is 13.1 Å². The van der Waals surface area contributed by atoms with E-state index in [1.54, 1.807) is 12.1 Å². The summed E-state index contributed by atoms with van der Waals surface area (Å²) < 4.78 is 0. The average Bonchev–Trinajstić information content (AvgIpc) is 2.24. The van der Waals surface area contributed by atoms with Crippen molar-refractivity contribution in [2.24, 2.45) is 5.73 Å². The molecule has 1 aromatic rings. The van der Waals surface area contributed by atoms with Crippen LogP contribution in [0.25, 0.3) is 0 Å². The van der Waals surface area contributed by atoms with Crippen LogP contribution in [0.2, 0.25) is 0 Å². The van der Waals surface area contributed by atoms with Crippen LogP contribution in [0.5, 0.6) is 0 Å². The van der Waals surface area contributed by atoms with Gasteiger partial charge in [0.2, 0.25) is 0 Å². The molecule has 0 aliphatic carbocycles. The second kappa shape index (κ2) is 5.17. The van der Waals surface area contributed by atoms with Crippen molar-refractivity contribution in [2.45, 2.75) is 13.1 Å². The summed E-state index contributed by atoms with van der Waals surface area (Å²) in [6.07, 6.45) is -3.07. The highest BCUT2D eigenvalue weighted by Crippen LogP contribution is 2.14. The van der Waals surface area contributed by atoms with Crippen molar-refractivity contribution in [2.75, 3.05) is 5.73 Å². The lowest BCUT2D eigenvalue weighted by Crippen LogP contribution is -2.33. The fraction of sp³-hybridized carbons (Fsp3) is 0.200. The zero-order valence-corrected chi connectivity index (χ0v) is 8.96. The highest BCUT2D eigenvalue weighted by Gasteiger charge is 2.19. The number of hydrogen-bond acceptors (Lipinski definition) is 4. The van der Waals surface area contributed by atoms with Gasteiger partial charge in [-0.3, -0.25) is 0 Å². The highest BCUT2D eigenvalue weighted by molar-refractivity contribution is 5.85. The molecule has 0 aromatic heterocycles. The summed E-state index contributed by atoms with van der Waals surface area (Å²) >= 11 is 0. The van der Waals surface area contributed by atoms with Crippen LogP contribution >= 0.6 is 0 Å². The number of carbonyl (C=O) groups is 2. The number of nitrogens with zero attached hydrogens (tertiary/aromatic N) is 1. The molecule has 17 heavy (non-hydrogen) atoms. The van der Waals surface area contributed by atoms with Crippen molar-refractivity contribution in [3.63, 3.8) is 0 Å². The van der Waals surface area contributed by atoms with E-state index in [0.29, 0.717) is 11.3 Å². The van der Waals surface area contributed by atoms with Gasteiger partial charge in [-0.05, 0) is 23.3 Å². The van der Waals surface area contributed by atoms with E-state index in [4.69, 9.17) is 21.7 Å². The fourth-order valence-electron chi connectivity index (χ4n) is 1.40. The van der Waals surface area contributed by atoms with Crippen LogP contribution in [-0.4, -0.2) is 27.3 Å². The normalized spacial score (nSPS) is 9.94. The number of hydrogen-bond donors (Lipinski definition) is 4. The van der Waals surface area contributed by atoms with Gasteiger partial charge in [0.05, 0.1) is 6.54 Å². The minimum atomic E-state index is -1.53. The summed E-state index contributed by atoms with van der Waals surface area (Å²) in [6.45, 7) is -0.0269. The van der Waals surface area contributed by atoms with E-state index in [1.807, 2.05) is 0 Å². The van der Waals surface area contributed by atoms with Gasteiger partial charge < -0.3 is 21.7 Å². The molecular formula is C10H13N3O4. The first kappa shape index (κ1) is 12.8. The Labute approximate surface area is 97.2 Å². The Morgan fingerprint density at radius 2 is 1.65 bits per heavy atom. The summed E-state index contributed by atoms with van der Waals surface area (Å²) in [5.74, 6) is 0. The van der Waals surface area contributed by atoms with Gasteiger partial charge in [-0.15, -0.1) is 0 Å². The zero-order chi connectivity index (χ0) is 13.0. The third kappa shape index (κ3) is 3.35. The Kier molecular flexibility index (Phi) is 3.89. The number of nitrogen functional groups attached to an aromatic ring is 1. The van der Waals surface area contributed by atoms with Crippen molar-refractivity contribution in [3.05, 3.63) is 29.3 Å². The Hall–Kier alpha value is -2.28. The molecule has 0 aliphatic rings. The van der Waals surface area contributed by atoms with Crippen molar-refractivity contribution in [3.8, 4) is 0 Å².